The van der Waals surface area contributed by atoms with Gasteiger partial charge in [0.1, 0.15) is 6.04 Å². The van der Waals surface area contributed by atoms with Crippen molar-refractivity contribution in [2.75, 3.05) is 0 Å². The number of hydrogen-bond acceptors (Lipinski definition) is 2. The van der Waals surface area contributed by atoms with E-state index in [1.54, 1.807) is 11.8 Å². The fraction of sp³-hybridized carbons (Fsp3) is 0.619. The number of nitrogens with zero attached hydrogens (tertiary/aromatic N) is 1. The van der Waals surface area contributed by atoms with Gasteiger partial charge in [-0.15, -0.1) is 0 Å². The van der Waals surface area contributed by atoms with Crippen LogP contribution < -0.4 is 5.32 Å². The molecule has 1 N–H and O–H groups in total. The van der Waals surface area contributed by atoms with Gasteiger partial charge in [-0.3, -0.25) is 9.59 Å². The van der Waals surface area contributed by atoms with Crippen LogP contribution in [0.15, 0.2) is 24.3 Å². The van der Waals surface area contributed by atoms with E-state index in [1.165, 1.54) is 31.2 Å². The highest BCUT2D eigenvalue weighted by molar-refractivity contribution is 5.88. The Balaban J connectivity index is 1.47. The third-order valence-corrected chi connectivity index (χ3v) is 6.76. The Morgan fingerprint density at radius 1 is 1.16 bits per heavy atom. The summed E-state index contributed by atoms with van der Waals surface area (Å²) in [4.78, 5) is 26.8. The van der Waals surface area contributed by atoms with Crippen LogP contribution in [-0.4, -0.2) is 28.8 Å². The lowest BCUT2D eigenvalue weighted by Crippen LogP contribution is -2.54. The number of benzene rings is 1. The first kappa shape index (κ1) is 16.6. The molecule has 1 aromatic carbocycles. The fourth-order valence-corrected chi connectivity index (χ4v) is 5.42. The van der Waals surface area contributed by atoms with E-state index in [9.17, 15) is 9.59 Å². The second-order valence-electron chi connectivity index (χ2n) is 8.27. The highest BCUT2D eigenvalue weighted by Crippen LogP contribution is 2.49. The highest BCUT2D eigenvalue weighted by atomic mass is 16.2. The average molecular weight is 340 g/mol. The largest absolute Gasteiger partial charge is 0.352 e. The van der Waals surface area contributed by atoms with E-state index >= 15 is 0 Å². The maximum atomic E-state index is 13.0. The third-order valence-electron chi connectivity index (χ3n) is 6.76. The van der Waals surface area contributed by atoms with Crippen LogP contribution in [0.1, 0.15) is 50.7 Å². The minimum absolute atomic E-state index is 0.0139. The van der Waals surface area contributed by atoms with Gasteiger partial charge in [0.2, 0.25) is 11.8 Å². The second kappa shape index (κ2) is 6.47. The molecule has 5 atom stereocenters. The zero-order valence-electron chi connectivity index (χ0n) is 15.2. The predicted octanol–water partition coefficient (Wildman–Crippen LogP) is 2.90. The average Bonchev–Trinajstić information content (AvgIpc) is 3.23. The molecule has 4 heteroatoms. The van der Waals surface area contributed by atoms with Crippen LogP contribution in [0.2, 0.25) is 0 Å². The summed E-state index contributed by atoms with van der Waals surface area (Å²) in [6.07, 6.45) is 5.92. The maximum absolute atomic E-state index is 13.0. The van der Waals surface area contributed by atoms with Crippen molar-refractivity contribution < 1.29 is 9.59 Å². The lowest BCUT2D eigenvalue weighted by molar-refractivity contribution is -0.140. The lowest BCUT2D eigenvalue weighted by Gasteiger charge is -2.37. The summed E-state index contributed by atoms with van der Waals surface area (Å²) < 4.78 is 0. The number of carbonyl (C=O) groups is 2. The Hall–Kier alpha value is -1.84. The molecule has 3 aliphatic rings. The van der Waals surface area contributed by atoms with Crippen LogP contribution in [0.3, 0.4) is 0 Å². The van der Waals surface area contributed by atoms with Gasteiger partial charge in [0.15, 0.2) is 0 Å². The maximum Gasteiger partial charge on any atom is 0.243 e. The highest BCUT2D eigenvalue weighted by Gasteiger charge is 2.43. The number of fused-ring (bicyclic) bond motifs is 3. The van der Waals surface area contributed by atoms with Crippen LogP contribution in [0.25, 0.3) is 0 Å². The van der Waals surface area contributed by atoms with Crippen molar-refractivity contribution in [3.8, 4) is 0 Å². The third kappa shape index (κ3) is 3.07. The smallest absolute Gasteiger partial charge is 0.243 e. The summed E-state index contributed by atoms with van der Waals surface area (Å²) in [5.41, 5.74) is 2.34. The zero-order chi connectivity index (χ0) is 17.6. The van der Waals surface area contributed by atoms with Crippen molar-refractivity contribution in [3.05, 3.63) is 35.4 Å². The standard InChI is InChI=1S/C21H28N2O2/c1-13(19-10-15-7-8-17(19)9-15)22-21(25)20-11-16-5-3-4-6-18(16)12-23(20)14(2)24/h3-6,13,15,17,19-20H,7-12H2,1-2H3,(H,22,25)/t13-,15-,17-,19+,20+/m0/s1. The van der Waals surface area contributed by atoms with Gasteiger partial charge in [-0.1, -0.05) is 30.7 Å². The summed E-state index contributed by atoms with van der Waals surface area (Å²) in [5.74, 6) is 2.27. The van der Waals surface area contributed by atoms with E-state index in [-0.39, 0.29) is 23.9 Å². The minimum atomic E-state index is -0.381. The van der Waals surface area contributed by atoms with Gasteiger partial charge < -0.3 is 10.2 Å². The minimum Gasteiger partial charge on any atom is -0.352 e. The molecule has 4 nitrogen and oxygen atoms in total. The molecule has 0 aromatic heterocycles. The molecule has 0 saturated heterocycles. The van der Waals surface area contributed by atoms with Crippen LogP contribution in [-0.2, 0) is 22.6 Å². The molecular weight excluding hydrogens is 312 g/mol. The monoisotopic (exact) mass is 340 g/mol. The van der Waals surface area contributed by atoms with E-state index in [1.807, 2.05) is 12.1 Å². The van der Waals surface area contributed by atoms with Crippen molar-refractivity contribution in [1.82, 2.24) is 10.2 Å². The van der Waals surface area contributed by atoms with Gasteiger partial charge >= 0.3 is 0 Å². The molecule has 1 heterocycles. The van der Waals surface area contributed by atoms with E-state index in [2.05, 4.69) is 24.4 Å². The molecule has 0 radical (unpaired) electrons. The van der Waals surface area contributed by atoms with Crippen molar-refractivity contribution >= 4 is 11.8 Å². The Morgan fingerprint density at radius 2 is 1.92 bits per heavy atom. The summed E-state index contributed by atoms with van der Waals surface area (Å²) in [6.45, 7) is 4.25. The molecule has 2 fully saturated rings. The second-order valence-corrected chi connectivity index (χ2v) is 8.27. The van der Waals surface area contributed by atoms with E-state index in [0.29, 0.717) is 18.9 Å². The van der Waals surface area contributed by atoms with Gasteiger partial charge in [0.25, 0.3) is 0 Å². The molecule has 2 bridgehead atoms. The molecule has 0 spiro atoms. The number of hydrogen-bond donors (Lipinski definition) is 1. The lowest BCUT2D eigenvalue weighted by atomic mass is 9.83. The van der Waals surface area contributed by atoms with Gasteiger partial charge in [-0.25, -0.2) is 0 Å². The Kier molecular flexibility index (Phi) is 4.30. The van der Waals surface area contributed by atoms with Gasteiger partial charge in [0.05, 0.1) is 0 Å². The van der Waals surface area contributed by atoms with Crippen LogP contribution in [0.5, 0.6) is 0 Å². The molecule has 1 aromatic rings. The molecule has 134 valence electrons. The first-order chi connectivity index (χ1) is 12.0. The molecule has 2 aliphatic carbocycles. The molecule has 0 unspecified atom stereocenters. The first-order valence-corrected chi connectivity index (χ1v) is 9.67. The zero-order valence-corrected chi connectivity index (χ0v) is 15.2. The van der Waals surface area contributed by atoms with Crippen LogP contribution in [0, 0.1) is 17.8 Å². The number of rotatable bonds is 3. The predicted molar refractivity (Wildman–Crippen MR) is 96.7 cm³/mol. The number of carbonyl (C=O) groups excluding carboxylic acids is 2. The Labute approximate surface area is 150 Å². The van der Waals surface area contributed by atoms with Crippen LogP contribution in [0.4, 0.5) is 0 Å². The summed E-state index contributed by atoms with van der Waals surface area (Å²) in [6, 6.07) is 7.95. The molecule has 4 rings (SSSR count). The van der Waals surface area contributed by atoms with Gasteiger partial charge in [0, 0.05) is 25.9 Å². The Morgan fingerprint density at radius 3 is 2.56 bits per heavy atom. The Bertz CT molecular complexity index is 686. The van der Waals surface area contributed by atoms with Crippen molar-refractivity contribution in [3.63, 3.8) is 0 Å². The summed E-state index contributed by atoms with van der Waals surface area (Å²) in [7, 11) is 0. The van der Waals surface area contributed by atoms with Crippen molar-refractivity contribution in [2.45, 2.75) is 64.6 Å². The molecule has 2 saturated carbocycles. The van der Waals surface area contributed by atoms with Gasteiger partial charge in [-0.05, 0) is 55.1 Å². The van der Waals surface area contributed by atoms with E-state index in [4.69, 9.17) is 0 Å². The van der Waals surface area contributed by atoms with Crippen molar-refractivity contribution in [2.24, 2.45) is 17.8 Å². The SMILES string of the molecule is CC(=O)N1Cc2ccccc2C[C@@H]1C(=O)N[C@@H](C)[C@H]1C[C@H]2CC[C@H]1C2. The summed E-state index contributed by atoms with van der Waals surface area (Å²) >= 11 is 0. The number of amides is 2. The molecular formula is C21H28N2O2. The first-order valence-electron chi connectivity index (χ1n) is 9.67. The molecule has 25 heavy (non-hydrogen) atoms. The van der Waals surface area contributed by atoms with Crippen LogP contribution >= 0.6 is 0 Å². The molecule has 2 amide bonds. The topological polar surface area (TPSA) is 49.4 Å². The fourth-order valence-electron chi connectivity index (χ4n) is 5.42. The summed E-state index contributed by atoms with van der Waals surface area (Å²) in [5, 5.41) is 3.26. The molecule has 1 aliphatic heterocycles. The quantitative estimate of drug-likeness (QED) is 0.920. The van der Waals surface area contributed by atoms with Crippen molar-refractivity contribution in [1.29, 1.82) is 0 Å². The normalized spacial score (nSPS) is 31.5. The van der Waals surface area contributed by atoms with E-state index < -0.39 is 0 Å². The van der Waals surface area contributed by atoms with E-state index in [0.717, 1.165) is 17.4 Å². The number of nitrogens with one attached hydrogen (secondary N) is 1. The van der Waals surface area contributed by atoms with Gasteiger partial charge in [-0.2, -0.15) is 0 Å².